The van der Waals surface area contributed by atoms with Crippen molar-refractivity contribution in [2.24, 2.45) is 17.1 Å². The Morgan fingerprint density at radius 2 is 2.00 bits per heavy atom. The topological polar surface area (TPSA) is 113 Å². The molecule has 0 aromatic carbocycles. The Hall–Kier alpha value is -2.03. The number of rotatable bonds is 5. The van der Waals surface area contributed by atoms with Crippen molar-refractivity contribution in [2.75, 3.05) is 6.61 Å². The van der Waals surface area contributed by atoms with Crippen LogP contribution in [-0.4, -0.2) is 23.6 Å². The van der Waals surface area contributed by atoms with E-state index < -0.39 is 23.2 Å². The second-order valence-corrected chi connectivity index (χ2v) is 5.01. The molecule has 0 aromatic heterocycles. The Kier molecular flexibility index (Phi) is 5.14. The van der Waals surface area contributed by atoms with E-state index in [4.69, 9.17) is 10.5 Å². The molecule has 6 heteroatoms. The van der Waals surface area contributed by atoms with E-state index in [1.54, 1.807) is 6.92 Å². The van der Waals surface area contributed by atoms with Crippen LogP contribution in [0.4, 0.5) is 0 Å². The summed E-state index contributed by atoms with van der Waals surface area (Å²) < 4.78 is 4.96. The van der Waals surface area contributed by atoms with Crippen LogP contribution < -0.4 is 5.73 Å². The summed E-state index contributed by atoms with van der Waals surface area (Å²) in [6.45, 7) is 3.17. The van der Waals surface area contributed by atoms with Gasteiger partial charge in [-0.3, -0.25) is 4.79 Å². The zero-order valence-electron chi connectivity index (χ0n) is 11.8. The van der Waals surface area contributed by atoms with E-state index in [2.05, 4.69) is 0 Å². The molecule has 0 aliphatic heterocycles. The van der Waals surface area contributed by atoms with Gasteiger partial charge in [-0.1, -0.05) is 12.8 Å². The van der Waals surface area contributed by atoms with Crippen LogP contribution in [-0.2, 0) is 14.3 Å². The van der Waals surface area contributed by atoms with E-state index >= 15 is 0 Å². The van der Waals surface area contributed by atoms with Gasteiger partial charge in [0, 0.05) is 5.41 Å². The van der Waals surface area contributed by atoms with Crippen LogP contribution in [0.2, 0.25) is 0 Å². The highest BCUT2D eigenvalue weighted by molar-refractivity contribution is 5.93. The summed E-state index contributed by atoms with van der Waals surface area (Å²) in [7, 11) is 0. The Balaban J connectivity index is 3.37. The van der Waals surface area contributed by atoms with E-state index in [0.717, 1.165) is 12.8 Å². The first-order chi connectivity index (χ1) is 9.40. The molecule has 0 saturated heterocycles. The minimum absolute atomic E-state index is 0.0159. The quantitative estimate of drug-likeness (QED) is 0.450. The first kappa shape index (κ1) is 16.0. The molecule has 20 heavy (non-hydrogen) atoms. The normalized spacial score (nSPS) is 19.6. The van der Waals surface area contributed by atoms with Gasteiger partial charge >= 0.3 is 5.97 Å². The molecule has 6 nitrogen and oxygen atoms in total. The summed E-state index contributed by atoms with van der Waals surface area (Å²) in [6.07, 6.45) is 2.45. The lowest BCUT2D eigenvalue weighted by atomic mass is 9.68. The Morgan fingerprint density at radius 3 is 2.35 bits per heavy atom. The Morgan fingerprint density at radius 1 is 1.45 bits per heavy atom. The number of allylic oxidation sites excluding steroid dienone is 1. The largest absolute Gasteiger partial charge is 0.512 e. The first-order valence-corrected chi connectivity index (χ1v) is 6.67. The fourth-order valence-electron chi connectivity index (χ4n) is 3.06. The highest BCUT2D eigenvalue weighted by Crippen LogP contribution is 2.50. The summed E-state index contributed by atoms with van der Waals surface area (Å²) in [4.78, 5) is 23.7. The molecule has 1 fully saturated rings. The van der Waals surface area contributed by atoms with Crippen molar-refractivity contribution in [3.05, 3.63) is 11.3 Å². The number of hydrogen-bond donors (Lipinski definition) is 2. The number of carbonyl (C=O) groups is 2. The average Bonchev–Trinajstić information content (AvgIpc) is 2.79. The molecule has 1 aliphatic rings. The average molecular weight is 280 g/mol. The van der Waals surface area contributed by atoms with E-state index in [1.807, 2.05) is 6.07 Å². The maximum Gasteiger partial charge on any atom is 0.338 e. The number of carbonyl (C=O) groups excluding carboxylic acids is 2. The van der Waals surface area contributed by atoms with Crippen molar-refractivity contribution in [3.8, 4) is 6.07 Å². The predicted molar refractivity (Wildman–Crippen MR) is 71.2 cm³/mol. The van der Waals surface area contributed by atoms with Gasteiger partial charge in [0.1, 0.15) is 11.7 Å². The summed E-state index contributed by atoms with van der Waals surface area (Å²) in [5, 5.41) is 19.1. The molecular weight excluding hydrogens is 260 g/mol. The Labute approximate surface area is 118 Å². The third-order valence-electron chi connectivity index (χ3n) is 3.80. The van der Waals surface area contributed by atoms with Crippen LogP contribution in [0.1, 0.15) is 39.5 Å². The van der Waals surface area contributed by atoms with Gasteiger partial charge in [0.2, 0.25) is 5.91 Å². The minimum Gasteiger partial charge on any atom is -0.512 e. The number of nitriles is 1. The zero-order chi connectivity index (χ0) is 15.3. The van der Waals surface area contributed by atoms with Gasteiger partial charge in [-0.25, -0.2) is 4.79 Å². The predicted octanol–water partition coefficient (Wildman–Crippen LogP) is 1.57. The van der Waals surface area contributed by atoms with Gasteiger partial charge in [-0.05, 0) is 26.7 Å². The summed E-state index contributed by atoms with van der Waals surface area (Å²) in [5.41, 5.74) is 4.29. The SMILES string of the molecule is CCOC(=O)C(=C(C)O)C1(C(C#N)C(N)=O)CCCC1. The molecule has 1 saturated carbocycles. The second-order valence-electron chi connectivity index (χ2n) is 5.01. The summed E-state index contributed by atoms with van der Waals surface area (Å²) in [6, 6.07) is 1.89. The van der Waals surface area contributed by atoms with Crippen molar-refractivity contribution in [2.45, 2.75) is 39.5 Å². The first-order valence-electron chi connectivity index (χ1n) is 6.67. The van der Waals surface area contributed by atoms with Crippen molar-refractivity contribution in [3.63, 3.8) is 0 Å². The van der Waals surface area contributed by atoms with Gasteiger partial charge in [0.05, 0.1) is 18.2 Å². The number of hydrogen-bond acceptors (Lipinski definition) is 5. The number of esters is 1. The molecule has 0 bridgehead atoms. The van der Waals surface area contributed by atoms with Gasteiger partial charge in [-0.15, -0.1) is 0 Å². The number of aliphatic hydroxyl groups excluding tert-OH is 1. The lowest BCUT2D eigenvalue weighted by Crippen LogP contribution is -2.41. The number of amides is 1. The standard InChI is InChI=1S/C14H20N2O4/c1-3-20-13(19)11(9(2)17)14(6-4-5-7-14)10(8-15)12(16)18/h10,17H,3-7H2,1-2H3,(H2,16,18). The van der Waals surface area contributed by atoms with Crippen molar-refractivity contribution in [1.29, 1.82) is 5.26 Å². The van der Waals surface area contributed by atoms with Crippen LogP contribution in [0, 0.1) is 22.7 Å². The second kappa shape index (κ2) is 6.42. The third kappa shape index (κ3) is 2.77. The molecule has 0 radical (unpaired) electrons. The smallest absolute Gasteiger partial charge is 0.338 e. The highest BCUT2D eigenvalue weighted by Gasteiger charge is 2.51. The lowest BCUT2D eigenvalue weighted by Gasteiger charge is -2.33. The van der Waals surface area contributed by atoms with Gasteiger partial charge < -0.3 is 15.6 Å². The van der Waals surface area contributed by atoms with Crippen LogP contribution in [0.25, 0.3) is 0 Å². The highest BCUT2D eigenvalue weighted by atomic mass is 16.5. The molecular formula is C14H20N2O4. The summed E-state index contributed by atoms with van der Waals surface area (Å²) in [5.74, 6) is -2.83. The fraction of sp³-hybridized carbons (Fsp3) is 0.643. The zero-order valence-corrected chi connectivity index (χ0v) is 11.8. The molecule has 0 spiro atoms. The Bertz CT molecular complexity index is 466. The molecule has 1 atom stereocenters. The van der Waals surface area contributed by atoms with E-state index in [1.165, 1.54) is 6.92 Å². The third-order valence-corrected chi connectivity index (χ3v) is 3.80. The molecule has 1 amide bonds. The fourth-order valence-corrected chi connectivity index (χ4v) is 3.06. The maximum atomic E-state index is 12.1. The van der Waals surface area contributed by atoms with Crippen molar-refractivity contribution >= 4 is 11.9 Å². The van der Waals surface area contributed by atoms with Gasteiger partial charge in [0.15, 0.2) is 0 Å². The van der Waals surface area contributed by atoms with E-state index in [-0.39, 0.29) is 17.9 Å². The molecule has 1 unspecified atom stereocenters. The maximum absolute atomic E-state index is 12.1. The molecule has 110 valence electrons. The number of nitrogens with two attached hydrogens (primary N) is 1. The van der Waals surface area contributed by atoms with Crippen LogP contribution in [0.5, 0.6) is 0 Å². The molecule has 1 rings (SSSR count). The van der Waals surface area contributed by atoms with Crippen LogP contribution in [0.15, 0.2) is 11.3 Å². The summed E-state index contributed by atoms with van der Waals surface area (Å²) >= 11 is 0. The van der Waals surface area contributed by atoms with E-state index in [9.17, 15) is 20.0 Å². The number of primary amides is 1. The minimum atomic E-state index is -1.15. The number of nitrogens with zero attached hydrogens (tertiary/aromatic N) is 1. The van der Waals surface area contributed by atoms with Gasteiger partial charge in [0.25, 0.3) is 0 Å². The van der Waals surface area contributed by atoms with E-state index in [0.29, 0.717) is 12.8 Å². The van der Waals surface area contributed by atoms with Gasteiger partial charge in [-0.2, -0.15) is 5.26 Å². The molecule has 0 heterocycles. The monoisotopic (exact) mass is 280 g/mol. The van der Waals surface area contributed by atoms with Crippen LogP contribution in [0.3, 0.4) is 0 Å². The van der Waals surface area contributed by atoms with Crippen LogP contribution >= 0.6 is 0 Å². The van der Waals surface area contributed by atoms with Crippen molar-refractivity contribution < 1.29 is 19.4 Å². The number of aliphatic hydroxyl groups is 1. The molecule has 0 aromatic rings. The molecule has 3 N–H and O–H groups in total. The molecule has 1 aliphatic carbocycles. The lowest BCUT2D eigenvalue weighted by molar-refractivity contribution is -0.140. The van der Waals surface area contributed by atoms with Crippen molar-refractivity contribution in [1.82, 2.24) is 0 Å². The number of ether oxygens (including phenoxy) is 1.